The lowest BCUT2D eigenvalue weighted by Gasteiger charge is -2.25. The quantitative estimate of drug-likeness (QED) is 0.811. The summed E-state index contributed by atoms with van der Waals surface area (Å²) in [5.41, 5.74) is 1.09. The molecule has 0 radical (unpaired) electrons. The fourth-order valence-electron chi connectivity index (χ4n) is 1.52. The average Bonchev–Trinajstić information content (AvgIpc) is 2.66. The number of ether oxygens (including phenoxy) is 1. The SMILES string of the molecule is COC(C)(C)CC(O)CCc1ccsc1. The van der Waals surface area contributed by atoms with Gasteiger partial charge in [-0.1, -0.05) is 0 Å². The lowest BCUT2D eigenvalue weighted by Crippen LogP contribution is -2.28. The van der Waals surface area contributed by atoms with Crippen molar-refractivity contribution in [2.24, 2.45) is 0 Å². The first-order valence-electron chi connectivity index (χ1n) is 5.28. The highest BCUT2D eigenvalue weighted by molar-refractivity contribution is 7.07. The Bertz CT molecular complexity index is 267. The molecule has 0 aromatic carbocycles. The summed E-state index contributed by atoms with van der Waals surface area (Å²) in [6, 6.07) is 2.11. The van der Waals surface area contributed by atoms with Crippen molar-refractivity contribution < 1.29 is 9.84 Å². The van der Waals surface area contributed by atoms with E-state index >= 15 is 0 Å². The second kappa shape index (κ2) is 5.64. The molecular weight excluding hydrogens is 208 g/mol. The van der Waals surface area contributed by atoms with Crippen LogP contribution in [0.2, 0.25) is 0 Å². The molecular formula is C12H20O2S. The molecule has 0 saturated carbocycles. The summed E-state index contributed by atoms with van der Waals surface area (Å²) >= 11 is 1.70. The van der Waals surface area contributed by atoms with Crippen LogP contribution in [0.15, 0.2) is 16.8 Å². The number of hydrogen-bond acceptors (Lipinski definition) is 3. The molecule has 15 heavy (non-hydrogen) atoms. The van der Waals surface area contributed by atoms with Gasteiger partial charge in [-0.3, -0.25) is 0 Å². The first-order valence-corrected chi connectivity index (χ1v) is 6.22. The van der Waals surface area contributed by atoms with E-state index in [0.717, 1.165) is 12.8 Å². The fraction of sp³-hybridized carbons (Fsp3) is 0.667. The number of hydrogen-bond donors (Lipinski definition) is 1. The molecule has 3 heteroatoms. The van der Waals surface area contributed by atoms with Gasteiger partial charge in [0.15, 0.2) is 0 Å². The molecule has 0 fully saturated rings. The van der Waals surface area contributed by atoms with Crippen molar-refractivity contribution >= 4 is 11.3 Å². The summed E-state index contributed by atoms with van der Waals surface area (Å²) in [5, 5.41) is 14.0. The minimum atomic E-state index is -0.278. The van der Waals surface area contributed by atoms with Crippen LogP contribution in [0.25, 0.3) is 0 Å². The monoisotopic (exact) mass is 228 g/mol. The third-order valence-corrected chi connectivity index (χ3v) is 3.36. The van der Waals surface area contributed by atoms with Crippen LogP contribution in [-0.2, 0) is 11.2 Å². The maximum atomic E-state index is 9.84. The number of aryl methyl sites for hydroxylation is 1. The third kappa shape index (κ3) is 4.78. The molecule has 1 aromatic rings. The van der Waals surface area contributed by atoms with Crippen molar-refractivity contribution in [1.29, 1.82) is 0 Å². The average molecular weight is 228 g/mol. The topological polar surface area (TPSA) is 29.5 Å². The number of methoxy groups -OCH3 is 1. The van der Waals surface area contributed by atoms with E-state index in [9.17, 15) is 5.11 Å². The van der Waals surface area contributed by atoms with Gasteiger partial charge >= 0.3 is 0 Å². The highest BCUT2D eigenvalue weighted by Gasteiger charge is 2.21. The zero-order valence-electron chi connectivity index (χ0n) is 9.69. The summed E-state index contributed by atoms with van der Waals surface area (Å²) in [6.45, 7) is 4.00. The Balaban J connectivity index is 2.27. The summed E-state index contributed by atoms with van der Waals surface area (Å²) < 4.78 is 5.29. The van der Waals surface area contributed by atoms with Crippen molar-refractivity contribution in [3.63, 3.8) is 0 Å². The van der Waals surface area contributed by atoms with Gasteiger partial charge in [0.1, 0.15) is 0 Å². The van der Waals surface area contributed by atoms with Crippen molar-refractivity contribution in [3.8, 4) is 0 Å². The third-order valence-electron chi connectivity index (χ3n) is 2.63. The van der Waals surface area contributed by atoms with Gasteiger partial charge in [-0.2, -0.15) is 11.3 Å². The molecule has 1 atom stereocenters. The molecule has 0 aliphatic carbocycles. The Morgan fingerprint density at radius 3 is 2.80 bits per heavy atom. The first-order chi connectivity index (χ1) is 7.03. The molecule has 1 rings (SSSR count). The van der Waals surface area contributed by atoms with Gasteiger partial charge in [-0.15, -0.1) is 0 Å². The zero-order chi connectivity index (χ0) is 11.3. The van der Waals surface area contributed by atoms with E-state index < -0.39 is 0 Å². The summed E-state index contributed by atoms with van der Waals surface area (Å²) in [5.74, 6) is 0. The Morgan fingerprint density at radius 2 is 2.27 bits per heavy atom. The van der Waals surface area contributed by atoms with Gasteiger partial charge in [0.05, 0.1) is 11.7 Å². The van der Waals surface area contributed by atoms with Crippen LogP contribution in [0.3, 0.4) is 0 Å². The second-order valence-electron chi connectivity index (χ2n) is 4.49. The molecule has 0 bridgehead atoms. The van der Waals surface area contributed by atoms with Crippen molar-refractivity contribution in [2.45, 2.75) is 44.8 Å². The highest BCUT2D eigenvalue weighted by Crippen LogP contribution is 2.19. The largest absolute Gasteiger partial charge is 0.393 e. The van der Waals surface area contributed by atoms with Gasteiger partial charge in [0.25, 0.3) is 0 Å². The van der Waals surface area contributed by atoms with E-state index in [1.54, 1.807) is 18.4 Å². The molecule has 0 aliphatic heterocycles. The highest BCUT2D eigenvalue weighted by atomic mass is 32.1. The standard InChI is InChI=1S/C12H20O2S/c1-12(2,14-3)8-11(13)5-4-10-6-7-15-9-10/h6-7,9,11,13H,4-5,8H2,1-3H3. The van der Waals surface area contributed by atoms with Crippen molar-refractivity contribution in [1.82, 2.24) is 0 Å². The van der Waals surface area contributed by atoms with Gasteiger partial charge in [0.2, 0.25) is 0 Å². The molecule has 0 spiro atoms. The summed E-state index contributed by atoms with van der Waals surface area (Å²) in [4.78, 5) is 0. The summed E-state index contributed by atoms with van der Waals surface area (Å²) in [6.07, 6.45) is 2.17. The molecule has 0 amide bonds. The van der Waals surface area contributed by atoms with Crippen LogP contribution < -0.4 is 0 Å². The number of aliphatic hydroxyl groups is 1. The lowest BCUT2D eigenvalue weighted by molar-refractivity contribution is -0.0209. The molecule has 2 nitrogen and oxygen atoms in total. The van der Waals surface area contributed by atoms with Crippen LogP contribution in [0, 0.1) is 0 Å². The van der Waals surface area contributed by atoms with Gasteiger partial charge in [-0.25, -0.2) is 0 Å². The van der Waals surface area contributed by atoms with Crippen LogP contribution in [0.4, 0.5) is 0 Å². The maximum absolute atomic E-state index is 9.84. The number of aliphatic hydroxyl groups excluding tert-OH is 1. The molecule has 0 saturated heterocycles. The summed E-state index contributed by atoms with van der Waals surface area (Å²) in [7, 11) is 1.69. The number of thiophene rings is 1. The van der Waals surface area contributed by atoms with Crippen LogP contribution in [0.5, 0.6) is 0 Å². The molecule has 1 aromatic heterocycles. The van der Waals surface area contributed by atoms with E-state index in [4.69, 9.17) is 4.74 Å². The minimum Gasteiger partial charge on any atom is -0.393 e. The van der Waals surface area contributed by atoms with Crippen LogP contribution in [0.1, 0.15) is 32.3 Å². The lowest BCUT2D eigenvalue weighted by atomic mass is 9.97. The molecule has 86 valence electrons. The molecule has 1 N–H and O–H groups in total. The molecule has 1 heterocycles. The first kappa shape index (κ1) is 12.7. The number of rotatable bonds is 6. The smallest absolute Gasteiger partial charge is 0.0647 e. The normalized spacial score (nSPS) is 14.1. The van der Waals surface area contributed by atoms with E-state index in [1.165, 1.54) is 5.56 Å². The van der Waals surface area contributed by atoms with Gasteiger partial charge < -0.3 is 9.84 Å². The maximum Gasteiger partial charge on any atom is 0.0647 e. The van der Waals surface area contributed by atoms with E-state index in [2.05, 4.69) is 16.8 Å². The predicted octanol–water partition coefficient (Wildman–Crippen LogP) is 2.86. The van der Waals surface area contributed by atoms with Crippen LogP contribution in [-0.4, -0.2) is 23.9 Å². The Morgan fingerprint density at radius 1 is 1.53 bits per heavy atom. The van der Waals surface area contributed by atoms with E-state index in [-0.39, 0.29) is 11.7 Å². The Kier molecular flexibility index (Phi) is 4.77. The van der Waals surface area contributed by atoms with E-state index in [0.29, 0.717) is 6.42 Å². The second-order valence-corrected chi connectivity index (χ2v) is 5.27. The molecule has 0 aliphatic rings. The molecule has 1 unspecified atom stereocenters. The van der Waals surface area contributed by atoms with Crippen molar-refractivity contribution in [3.05, 3.63) is 22.4 Å². The zero-order valence-corrected chi connectivity index (χ0v) is 10.5. The minimum absolute atomic E-state index is 0.228. The Labute approximate surface area is 95.9 Å². The van der Waals surface area contributed by atoms with Crippen LogP contribution >= 0.6 is 11.3 Å². The van der Waals surface area contributed by atoms with Gasteiger partial charge in [0, 0.05) is 13.5 Å². The fourth-order valence-corrected chi connectivity index (χ4v) is 2.22. The van der Waals surface area contributed by atoms with Crippen molar-refractivity contribution in [2.75, 3.05) is 7.11 Å². The van der Waals surface area contributed by atoms with Gasteiger partial charge in [-0.05, 0) is 49.1 Å². The van der Waals surface area contributed by atoms with E-state index in [1.807, 2.05) is 13.8 Å². The predicted molar refractivity (Wildman–Crippen MR) is 64.4 cm³/mol. The Hall–Kier alpha value is -0.380.